The van der Waals surface area contributed by atoms with E-state index >= 15 is 0 Å². The summed E-state index contributed by atoms with van der Waals surface area (Å²) in [7, 11) is 3.72. The van der Waals surface area contributed by atoms with Crippen LogP contribution in [0.1, 0.15) is 66.2 Å². The lowest BCUT2D eigenvalue weighted by molar-refractivity contribution is 0.103. The van der Waals surface area contributed by atoms with Crippen LogP contribution in [-0.2, 0) is 20.0 Å². The van der Waals surface area contributed by atoms with E-state index in [2.05, 4.69) is 62.2 Å². The van der Waals surface area contributed by atoms with Gasteiger partial charge in [0.15, 0.2) is 5.82 Å². The molecule has 41 heavy (non-hydrogen) atoms. The molecule has 1 amide bonds. The topological polar surface area (TPSA) is 79.3 Å². The number of nitrogens with one attached hydrogen (secondary N) is 2. The van der Waals surface area contributed by atoms with Gasteiger partial charge in [0.05, 0.1) is 16.3 Å². The van der Waals surface area contributed by atoms with Gasteiger partial charge in [-0.25, -0.2) is 9.37 Å². The zero-order chi connectivity index (χ0) is 29.8. The first-order chi connectivity index (χ1) is 19.5. The van der Waals surface area contributed by atoms with E-state index in [1.807, 2.05) is 30.3 Å². The molecule has 0 spiro atoms. The molecule has 4 rings (SSSR count). The number of aryl methyl sites for hydroxylation is 2. The van der Waals surface area contributed by atoms with E-state index in [1.54, 1.807) is 25.4 Å². The zero-order valence-electron chi connectivity index (χ0n) is 24.7. The molecule has 4 aromatic rings. The molecule has 9 heteroatoms. The van der Waals surface area contributed by atoms with E-state index in [4.69, 9.17) is 0 Å². The fourth-order valence-electron chi connectivity index (χ4n) is 4.41. The Hall–Kier alpha value is -3.82. The highest BCUT2D eigenvalue weighted by molar-refractivity contribution is 7.14. The van der Waals surface area contributed by atoms with Crippen molar-refractivity contribution in [3.8, 4) is 11.3 Å². The van der Waals surface area contributed by atoms with Crippen LogP contribution in [0.2, 0.25) is 0 Å². The van der Waals surface area contributed by atoms with Gasteiger partial charge in [0, 0.05) is 42.0 Å². The van der Waals surface area contributed by atoms with Gasteiger partial charge in [-0.1, -0.05) is 32.9 Å². The molecule has 2 N–H and O–H groups in total. The summed E-state index contributed by atoms with van der Waals surface area (Å²) in [6.45, 7) is 11.4. The highest BCUT2D eigenvalue weighted by Crippen LogP contribution is 2.31. The number of rotatable bonds is 10. The molecule has 216 valence electrons. The summed E-state index contributed by atoms with van der Waals surface area (Å²) >= 11 is 1.44. The average Bonchev–Trinajstić information content (AvgIpc) is 3.38. The van der Waals surface area contributed by atoms with E-state index in [-0.39, 0.29) is 23.0 Å². The standard InChI is InChI=1S/C32H38FN5O2S/c1-8-28-24(19(2)3)16-29(41-28)31(39)36-26-15-22(11-14-25(26)33)27-18-38(7)32(40)30(35-27)34-23-12-9-21(10-13-23)17-37(6)20(4)5/h9-16,18-20H,8,17H2,1-7H3,(H,34,35)(H,36,39). The Balaban J connectivity index is 1.58. The fourth-order valence-corrected chi connectivity index (χ4v) is 5.56. The Bertz CT molecular complexity index is 1590. The number of anilines is 3. The van der Waals surface area contributed by atoms with Crippen LogP contribution in [0.3, 0.4) is 0 Å². The number of hydrogen-bond acceptors (Lipinski definition) is 6. The Kier molecular flexibility index (Phi) is 9.40. The lowest BCUT2D eigenvalue weighted by atomic mass is 10.0. The van der Waals surface area contributed by atoms with E-state index < -0.39 is 5.82 Å². The summed E-state index contributed by atoms with van der Waals surface area (Å²) in [4.78, 5) is 34.4. The number of thiophene rings is 1. The van der Waals surface area contributed by atoms with Gasteiger partial charge in [0.25, 0.3) is 11.5 Å². The first kappa shape index (κ1) is 30.1. The van der Waals surface area contributed by atoms with Crippen molar-refractivity contribution >= 4 is 34.4 Å². The SMILES string of the molecule is CCc1sc(C(=O)Nc2cc(-c3cn(C)c(=O)c(Nc4ccc(CN(C)C(C)C)cc4)n3)ccc2F)cc1C(C)C. The van der Waals surface area contributed by atoms with E-state index in [0.717, 1.165) is 34.7 Å². The second-order valence-corrected chi connectivity index (χ2v) is 12.0. The number of carbonyl (C=O) groups excluding carboxylic acids is 1. The van der Waals surface area contributed by atoms with E-state index in [9.17, 15) is 14.0 Å². The number of nitrogens with zero attached hydrogens (tertiary/aromatic N) is 3. The number of aromatic nitrogens is 2. The monoisotopic (exact) mass is 575 g/mol. The number of halogens is 1. The third kappa shape index (κ3) is 7.10. The van der Waals surface area contributed by atoms with Crippen molar-refractivity contribution in [2.24, 2.45) is 7.05 Å². The molecule has 0 aliphatic rings. The molecule has 2 aromatic carbocycles. The lowest BCUT2D eigenvalue weighted by Crippen LogP contribution is -2.25. The Morgan fingerprint density at radius 1 is 1.10 bits per heavy atom. The molecule has 0 radical (unpaired) electrons. The summed E-state index contributed by atoms with van der Waals surface area (Å²) < 4.78 is 16.2. The van der Waals surface area contributed by atoms with Crippen LogP contribution in [0, 0.1) is 5.82 Å². The van der Waals surface area contributed by atoms with Gasteiger partial charge in [0.2, 0.25) is 0 Å². The van der Waals surface area contributed by atoms with Crippen molar-refractivity contribution in [3.63, 3.8) is 0 Å². The smallest absolute Gasteiger partial charge is 0.293 e. The highest BCUT2D eigenvalue weighted by atomic mass is 32.1. The number of carbonyl (C=O) groups is 1. The predicted molar refractivity (Wildman–Crippen MR) is 167 cm³/mol. The molecule has 0 unspecified atom stereocenters. The predicted octanol–water partition coefficient (Wildman–Crippen LogP) is 7.17. The lowest BCUT2D eigenvalue weighted by Gasteiger charge is -2.21. The van der Waals surface area contributed by atoms with Crippen LogP contribution in [0.25, 0.3) is 11.3 Å². The van der Waals surface area contributed by atoms with Crippen molar-refractivity contribution in [1.29, 1.82) is 0 Å². The molecule has 2 aromatic heterocycles. The average molecular weight is 576 g/mol. The highest BCUT2D eigenvalue weighted by Gasteiger charge is 2.18. The van der Waals surface area contributed by atoms with Crippen molar-refractivity contribution in [2.45, 2.75) is 59.5 Å². The zero-order valence-corrected chi connectivity index (χ0v) is 25.5. The molecule has 0 saturated heterocycles. The molecular formula is C32H38FN5O2S. The second-order valence-electron chi connectivity index (χ2n) is 10.9. The van der Waals surface area contributed by atoms with Crippen molar-refractivity contribution in [3.05, 3.63) is 91.8 Å². The number of amides is 1. The number of benzene rings is 2. The summed E-state index contributed by atoms with van der Waals surface area (Å²) in [5.74, 6) is -0.457. The summed E-state index contributed by atoms with van der Waals surface area (Å²) in [5, 5.41) is 5.86. The van der Waals surface area contributed by atoms with Gasteiger partial charge in [-0.2, -0.15) is 0 Å². The van der Waals surface area contributed by atoms with Crippen molar-refractivity contribution in [1.82, 2.24) is 14.5 Å². The minimum Gasteiger partial charge on any atom is -0.336 e. The largest absolute Gasteiger partial charge is 0.336 e. The van der Waals surface area contributed by atoms with Crippen LogP contribution < -0.4 is 16.2 Å². The Labute approximate surface area is 245 Å². The first-order valence-electron chi connectivity index (χ1n) is 13.8. The van der Waals surface area contributed by atoms with Crippen LogP contribution in [0.5, 0.6) is 0 Å². The number of hydrogen-bond donors (Lipinski definition) is 2. The Morgan fingerprint density at radius 3 is 2.41 bits per heavy atom. The van der Waals surface area contributed by atoms with Crippen molar-refractivity contribution in [2.75, 3.05) is 17.7 Å². The maximum Gasteiger partial charge on any atom is 0.293 e. The first-order valence-corrected chi connectivity index (χ1v) is 14.7. The summed E-state index contributed by atoms with van der Waals surface area (Å²) in [6.07, 6.45) is 2.43. The van der Waals surface area contributed by atoms with Crippen LogP contribution in [0.15, 0.2) is 59.5 Å². The third-order valence-corrected chi connectivity index (χ3v) is 8.41. The maximum absolute atomic E-state index is 14.8. The minimum atomic E-state index is -0.551. The van der Waals surface area contributed by atoms with Gasteiger partial charge in [-0.15, -0.1) is 11.3 Å². The minimum absolute atomic E-state index is 0.0529. The van der Waals surface area contributed by atoms with Crippen LogP contribution in [0.4, 0.5) is 21.6 Å². The molecule has 0 aliphatic heterocycles. The summed E-state index contributed by atoms with van der Waals surface area (Å²) in [5.41, 5.74) is 3.83. The van der Waals surface area contributed by atoms with Crippen molar-refractivity contribution < 1.29 is 9.18 Å². The van der Waals surface area contributed by atoms with E-state index in [1.165, 1.54) is 22.0 Å². The Morgan fingerprint density at radius 2 is 1.80 bits per heavy atom. The third-order valence-electron chi connectivity index (χ3n) is 7.12. The van der Waals surface area contributed by atoms with Crippen LogP contribution in [-0.4, -0.2) is 33.4 Å². The van der Waals surface area contributed by atoms with Gasteiger partial charge in [-0.05, 0) is 80.8 Å². The second kappa shape index (κ2) is 12.8. The molecule has 2 heterocycles. The maximum atomic E-state index is 14.8. The van der Waals surface area contributed by atoms with Gasteiger partial charge in [0.1, 0.15) is 5.82 Å². The normalized spacial score (nSPS) is 11.5. The molecule has 0 saturated carbocycles. The van der Waals surface area contributed by atoms with Gasteiger partial charge >= 0.3 is 0 Å². The summed E-state index contributed by atoms with van der Waals surface area (Å²) in [6, 6.07) is 14.6. The molecule has 0 fully saturated rings. The molecule has 0 aliphatic carbocycles. The van der Waals surface area contributed by atoms with E-state index in [0.29, 0.717) is 28.1 Å². The quantitative estimate of drug-likeness (QED) is 0.210. The van der Waals surface area contributed by atoms with Gasteiger partial charge < -0.3 is 15.2 Å². The molecule has 0 bridgehead atoms. The van der Waals surface area contributed by atoms with Gasteiger partial charge in [-0.3, -0.25) is 14.5 Å². The van der Waals surface area contributed by atoms with Crippen LogP contribution >= 0.6 is 11.3 Å². The molecule has 7 nitrogen and oxygen atoms in total. The fraction of sp³-hybridized carbons (Fsp3) is 0.344. The molecule has 0 atom stereocenters. The molecular weight excluding hydrogens is 537 g/mol.